The van der Waals surface area contributed by atoms with Crippen molar-refractivity contribution in [1.29, 1.82) is 0 Å². The van der Waals surface area contributed by atoms with Crippen molar-refractivity contribution < 1.29 is 19.4 Å². The molecule has 1 unspecified atom stereocenters. The van der Waals surface area contributed by atoms with Crippen LogP contribution >= 0.6 is 0 Å². The molecule has 0 bridgehead atoms. The van der Waals surface area contributed by atoms with Crippen LogP contribution < -0.4 is 0 Å². The van der Waals surface area contributed by atoms with Gasteiger partial charge in [-0.1, -0.05) is 6.07 Å². The summed E-state index contributed by atoms with van der Waals surface area (Å²) >= 11 is 0. The van der Waals surface area contributed by atoms with Crippen molar-refractivity contribution in [1.82, 2.24) is 4.98 Å². The number of ether oxygens (including phenoxy) is 1. The van der Waals surface area contributed by atoms with E-state index in [1.807, 2.05) is 0 Å². The summed E-state index contributed by atoms with van der Waals surface area (Å²) in [5, 5.41) is 9.14. The normalized spacial score (nSPS) is 13.8. The largest absolute Gasteiger partial charge is 0.480 e. The Morgan fingerprint density at radius 1 is 1.47 bits per heavy atom. The number of aromatic nitrogens is 1. The molecule has 0 saturated carbocycles. The lowest BCUT2D eigenvalue weighted by molar-refractivity contribution is -0.165. The molecule has 0 aliphatic rings. The average Bonchev–Trinajstić information content (AvgIpc) is 2.27. The summed E-state index contributed by atoms with van der Waals surface area (Å²) in [6.07, 6.45) is 0.0106. The van der Waals surface area contributed by atoms with Crippen LogP contribution in [0.3, 0.4) is 0 Å². The van der Waals surface area contributed by atoms with Gasteiger partial charge in [-0.2, -0.15) is 0 Å². The van der Waals surface area contributed by atoms with Crippen LogP contribution in [-0.4, -0.2) is 29.1 Å². The van der Waals surface area contributed by atoms with Crippen LogP contribution in [0, 0.1) is 12.3 Å². The fraction of sp³-hybridized carbons (Fsp3) is 0.417. The number of carboxylic acid groups (broad SMARTS) is 1. The number of esters is 1. The second kappa shape index (κ2) is 4.95. The minimum atomic E-state index is -1.60. The van der Waals surface area contributed by atoms with Crippen molar-refractivity contribution in [2.24, 2.45) is 5.41 Å². The summed E-state index contributed by atoms with van der Waals surface area (Å²) in [6, 6.07) is 5.27. The predicted octanol–water partition coefficient (Wildman–Crippen LogP) is 1.20. The number of carbonyl (C=O) groups is 2. The number of aliphatic carboxylic acids is 1. The Balaban J connectivity index is 3.03. The highest BCUT2D eigenvalue weighted by molar-refractivity contribution is 5.98. The van der Waals surface area contributed by atoms with Gasteiger partial charge in [-0.15, -0.1) is 0 Å². The summed E-state index contributed by atoms with van der Waals surface area (Å²) in [7, 11) is 1.17. The molecule has 5 nitrogen and oxygen atoms in total. The Morgan fingerprint density at radius 3 is 2.59 bits per heavy atom. The van der Waals surface area contributed by atoms with E-state index < -0.39 is 17.4 Å². The molecule has 1 aromatic rings. The van der Waals surface area contributed by atoms with Gasteiger partial charge in [-0.05, 0) is 26.0 Å². The molecule has 0 aliphatic heterocycles. The van der Waals surface area contributed by atoms with Crippen molar-refractivity contribution in [2.75, 3.05) is 7.11 Å². The second-order valence-corrected chi connectivity index (χ2v) is 4.08. The highest BCUT2D eigenvalue weighted by Crippen LogP contribution is 2.24. The molecule has 0 radical (unpaired) electrons. The molecule has 0 fully saturated rings. The van der Waals surface area contributed by atoms with E-state index in [9.17, 15) is 9.59 Å². The summed E-state index contributed by atoms with van der Waals surface area (Å²) < 4.78 is 4.53. The third kappa shape index (κ3) is 2.81. The maximum atomic E-state index is 11.5. The summed E-state index contributed by atoms with van der Waals surface area (Å²) in [4.78, 5) is 26.9. The number of aryl methyl sites for hydroxylation is 1. The first kappa shape index (κ1) is 13.2. The Hall–Kier alpha value is -1.91. The number of hydrogen-bond donors (Lipinski definition) is 1. The molecule has 1 atom stereocenters. The highest BCUT2D eigenvalue weighted by atomic mass is 16.5. The van der Waals surface area contributed by atoms with Gasteiger partial charge in [0.05, 0.1) is 7.11 Å². The topological polar surface area (TPSA) is 76.5 Å². The molecule has 0 aromatic carbocycles. The van der Waals surface area contributed by atoms with Gasteiger partial charge in [0, 0.05) is 17.8 Å². The zero-order valence-electron chi connectivity index (χ0n) is 10.1. The van der Waals surface area contributed by atoms with E-state index in [4.69, 9.17) is 5.11 Å². The molecule has 5 heteroatoms. The number of carbonyl (C=O) groups excluding carboxylic acids is 1. The molecule has 0 spiro atoms. The van der Waals surface area contributed by atoms with Gasteiger partial charge in [0.15, 0.2) is 5.41 Å². The zero-order valence-corrected chi connectivity index (χ0v) is 10.1. The lowest BCUT2D eigenvalue weighted by Crippen LogP contribution is -2.39. The van der Waals surface area contributed by atoms with Crippen LogP contribution in [-0.2, 0) is 20.7 Å². The minimum absolute atomic E-state index is 0.0106. The molecular weight excluding hydrogens is 222 g/mol. The van der Waals surface area contributed by atoms with E-state index in [2.05, 4.69) is 9.72 Å². The van der Waals surface area contributed by atoms with Crippen molar-refractivity contribution >= 4 is 11.9 Å². The van der Waals surface area contributed by atoms with Gasteiger partial charge < -0.3 is 9.84 Å². The van der Waals surface area contributed by atoms with Gasteiger partial charge in [0.25, 0.3) is 0 Å². The number of nitrogens with zero attached hydrogens (tertiary/aromatic N) is 1. The second-order valence-electron chi connectivity index (χ2n) is 4.08. The van der Waals surface area contributed by atoms with Gasteiger partial charge in [-0.25, -0.2) is 0 Å². The predicted molar refractivity (Wildman–Crippen MR) is 60.4 cm³/mol. The lowest BCUT2D eigenvalue weighted by atomic mass is 9.85. The molecule has 92 valence electrons. The molecule has 0 aliphatic carbocycles. The van der Waals surface area contributed by atoms with Gasteiger partial charge >= 0.3 is 11.9 Å². The van der Waals surface area contributed by atoms with Crippen LogP contribution in [0.4, 0.5) is 0 Å². The summed E-state index contributed by atoms with van der Waals surface area (Å²) in [5.74, 6) is -1.99. The molecule has 1 heterocycles. The minimum Gasteiger partial charge on any atom is -0.480 e. The van der Waals surface area contributed by atoms with E-state index in [1.165, 1.54) is 14.0 Å². The van der Waals surface area contributed by atoms with Gasteiger partial charge in [0.2, 0.25) is 0 Å². The molecule has 1 aromatic heterocycles. The Morgan fingerprint density at radius 2 is 2.12 bits per heavy atom. The molecule has 1 rings (SSSR count). The number of carboxylic acids is 1. The average molecular weight is 237 g/mol. The number of hydrogen-bond acceptors (Lipinski definition) is 4. The summed E-state index contributed by atoms with van der Waals surface area (Å²) in [6.45, 7) is 3.14. The molecule has 17 heavy (non-hydrogen) atoms. The quantitative estimate of drug-likeness (QED) is 0.629. The van der Waals surface area contributed by atoms with Crippen LogP contribution in [0.15, 0.2) is 18.2 Å². The van der Waals surface area contributed by atoms with Crippen LogP contribution in [0.2, 0.25) is 0 Å². The Bertz CT molecular complexity index is 444. The van der Waals surface area contributed by atoms with E-state index in [-0.39, 0.29) is 6.42 Å². The van der Waals surface area contributed by atoms with Crippen molar-refractivity contribution in [3.8, 4) is 0 Å². The van der Waals surface area contributed by atoms with Crippen LogP contribution in [0.25, 0.3) is 0 Å². The molecular formula is C12H15NO4. The van der Waals surface area contributed by atoms with Gasteiger partial charge in [0.1, 0.15) is 0 Å². The Kier molecular flexibility index (Phi) is 3.83. The number of methoxy groups -OCH3 is 1. The fourth-order valence-electron chi connectivity index (χ4n) is 1.52. The molecule has 1 N–H and O–H groups in total. The lowest BCUT2D eigenvalue weighted by Gasteiger charge is -2.21. The SMILES string of the molecule is COC(=O)C(C)(Cc1cccc(C)n1)C(=O)O. The van der Waals surface area contributed by atoms with Crippen LogP contribution in [0.5, 0.6) is 0 Å². The van der Waals surface area contributed by atoms with E-state index in [1.54, 1.807) is 25.1 Å². The molecule has 0 amide bonds. The maximum absolute atomic E-state index is 11.5. The van der Waals surface area contributed by atoms with Gasteiger partial charge in [-0.3, -0.25) is 14.6 Å². The van der Waals surface area contributed by atoms with E-state index in [0.29, 0.717) is 5.69 Å². The monoisotopic (exact) mass is 237 g/mol. The third-order valence-corrected chi connectivity index (χ3v) is 2.59. The molecule has 0 saturated heterocycles. The summed E-state index contributed by atoms with van der Waals surface area (Å²) in [5.41, 5.74) is -0.268. The highest BCUT2D eigenvalue weighted by Gasteiger charge is 2.43. The van der Waals surface area contributed by atoms with Crippen molar-refractivity contribution in [2.45, 2.75) is 20.3 Å². The van der Waals surface area contributed by atoms with Crippen LogP contribution in [0.1, 0.15) is 18.3 Å². The van der Waals surface area contributed by atoms with Crippen molar-refractivity contribution in [3.05, 3.63) is 29.6 Å². The number of pyridine rings is 1. The fourth-order valence-corrected chi connectivity index (χ4v) is 1.52. The Labute approximate surface area is 99.4 Å². The zero-order chi connectivity index (χ0) is 13.1. The smallest absolute Gasteiger partial charge is 0.323 e. The van der Waals surface area contributed by atoms with E-state index in [0.717, 1.165) is 5.69 Å². The first-order valence-corrected chi connectivity index (χ1v) is 5.14. The van der Waals surface area contributed by atoms with Crippen molar-refractivity contribution in [3.63, 3.8) is 0 Å². The first-order valence-electron chi connectivity index (χ1n) is 5.14. The van der Waals surface area contributed by atoms with E-state index >= 15 is 0 Å². The number of rotatable bonds is 4. The maximum Gasteiger partial charge on any atom is 0.323 e. The first-order chi connectivity index (χ1) is 7.90. The standard InChI is InChI=1S/C12H15NO4/c1-8-5-4-6-9(13-8)7-12(2,10(14)15)11(16)17-3/h4-6H,7H2,1-3H3,(H,14,15). The third-order valence-electron chi connectivity index (χ3n) is 2.59.